The first-order chi connectivity index (χ1) is 10.4. The normalized spacial score (nSPS) is 25.9. The molecule has 8 nitrogen and oxygen atoms in total. The number of carbonyl (C=O) groups excluding carboxylic acids is 2. The first-order valence-electron chi connectivity index (χ1n) is 6.89. The molecule has 0 N–H and O–H groups in total. The predicted octanol–water partition coefficient (Wildman–Crippen LogP) is 2.33. The van der Waals surface area contributed by atoms with Gasteiger partial charge in [-0.1, -0.05) is 0 Å². The van der Waals surface area contributed by atoms with Gasteiger partial charge in [-0.3, -0.25) is 0 Å². The molecule has 0 saturated carbocycles. The number of rotatable bonds is 5. The zero-order chi connectivity index (χ0) is 18.1. The predicted molar refractivity (Wildman–Crippen MR) is 83.4 cm³/mol. The fraction of sp³-hybridized carbons (Fsp3) is 0.714. The number of hydrogen-bond acceptors (Lipinski definition) is 8. The van der Waals surface area contributed by atoms with Gasteiger partial charge in [-0.25, -0.2) is 0 Å². The van der Waals surface area contributed by atoms with Gasteiger partial charge in [0.15, 0.2) is 0 Å². The second-order valence-electron chi connectivity index (χ2n) is 5.93. The summed E-state index contributed by atoms with van der Waals surface area (Å²) in [5, 5.41) is -0.297. The summed E-state index contributed by atoms with van der Waals surface area (Å²) < 4.78 is 32.5. The van der Waals surface area contributed by atoms with Crippen molar-refractivity contribution in [2.75, 3.05) is 28.4 Å². The standard InChI is InChI=1S/C14H25O8P/c1-13(2)14(3,4)22-23(19-7,20-8,21-13)10(12(16)18-6)9-11(15)17-5/h9H,1-8H3. The van der Waals surface area contributed by atoms with Crippen molar-refractivity contribution in [3.8, 4) is 0 Å². The molecule has 0 aromatic carbocycles. The van der Waals surface area contributed by atoms with E-state index in [-0.39, 0.29) is 5.31 Å². The zero-order valence-corrected chi connectivity index (χ0v) is 15.7. The third kappa shape index (κ3) is 3.02. The van der Waals surface area contributed by atoms with Crippen LogP contribution in [0.5, 0.6) is 0 Å². The van der Waals surface area contributed by atoms with Gasteiger partial charge >= 0.3 is 135 Å². The Labute approximate surface area is 136 Å². The van der Waals surface area contributed by atoms with Crippen LogP contribution in [0.3, 0.4) is 0 Å². The van der Waals surface area contributed by atoms with E-state index in [4.69, 9.17) is 22.8 Å². The quantitative estimate of drug-likeness (QED) is 0.423. The molecule has 134 valence electrons. The van der Waals surface area contributed by atoms with Gasteiger partial charge in [-0.2, -0.15) is 0 Å². The maximum atomic E-state index is 12.3. The van der Waals surface area contributed by atoms with Crippen molar-refractivity contribution in [1.29, 1.82) is 0 Å². The Bertz CT molecular complexity index is 513. The molecule has 1 saturated heterocycles. The zero-order valence-electron chi connectivity index (χ0n) is 14.8. The van der Waals surface area contributed by atoms with E-state index >= 15 is 0 Å². The summed E-state index contributed by atoms with van der Waals surface area (Å²) in [6.45, 7) is 7.08. The second kappa shape index (κ2) is 6.11. The van der Waals surface area contributed by atoms with Crippen LogP contribution in [0.1, 0.15) is 27.7 Å². The van der Waals surface area contributed by atoms with Crippen LogP contribution in [0, 0.1) is 0 Å². The molecule has 1 heterocycles. The van der Waals surface area contributed by atoms with Crippen molar-refractivity contribution >= 4 is 19.4 Å². The van der Waals surface area contributed by atoms with Crippen LogP contribution in [0.4, 0.5) is 0 Å². The molecule has 1 rings (SSSR count). The Kier molecular flexibility index (Phi) is 5.31. The summed E-state index contributed by atoms with van der Waals surface area (Å²) in [6, 6.07) is 0. The summed E-state index contributed by atoms with van der Waals surface area (Å²) in [6.07, 6.45) is 0.911. The van der Waals surface area contributed by atoms with Crippen LogP contribution in [0.2, 0.25) is 0 Å². The molecule has 0 spiro atoms. The molecule has 0 atom stereocenters. The van der Waals surface area contributed by atoms with Gasteiger partial charge in [0.1, 0.15) is 0 Å². The molecule has 0 amide bonds. The molecule has 1 aliphatic rings. The first kappa shape index (κ1) is 20.0. The van der Waals surface area contributed by atoms with Crippen molar-refractivity contribution in [2.45, 2.75) is 38.9 Å². The van der Waals surface area contributed by atoms with Gasteiger partial charge in [-0.05, 0) is 0 Å². The summed E-state index contributed by atoms with van der Waals surface area (Å²) >= 11 is 0. The third-order valence-corrected chi connectivity index (χ3v) is 8.00. The Morgan fingerprint density at radius 2 is 1.30 bits per heavy atom. The average molecular weight is 352 g/mol. The van der Waals surface area contributed by atoms with Crippen molar-refractivity contribution in [3.63, 3.8) is 0 Å². The SMILES string of the molecule is COC(=O)C=C(C(=O)OC)P1(OC)(OC)OC(C)(C)C(C)(C)O1. The van der Waals surface area contributed by atoms with E-state index in [1.165, 1.54) is 28.4 Å². The molecule has 0 aromatic heterocycles. The number of ether oxygens (including phenoxy) is 2. The van der Waals surface area contributed by atoms with Gasteiger partial charge in [0.25, 0.3) is 0 Å². The fourth-order valence-corrected chi connectivity index (χ4v) is 5.93. The van der Waals surface area contributed by atoms with Gasteiger partial charge in [0, 0.05) is 0 Å². The molecule has 9 heteroatoms. The van der Waals surface area contributed by atoms with Crippen molar-refractivity contribution < 1.29 is 37.2 Å². The Morgan fingerprint density at radius 3 is 1.61 bits per heavy atom. The van der Waals surface area contributed by atoms with Crippen molar-refractivity contribution in [1.82, 2.24) is 0 Å². The van der Waals surface area contributed by atoms with Crippen LogP contribution in [0.25, 0.3) is 0 Å². The fourth-order valence-electron chi connectivity index (χ4n) is 2.13. The number of carbonyl (C=O) groups is 2. The van der Waals surface area contributed by atoms with E-state index in [1.54, 1.807) is 27.7 Å². The molecule has 0 aliphatic carbocycles. The molecule has 0 radical (unpaired) electrons. The summed E-state index contributed by atoms with van der Waals surface area (Å²) in [4.78, 5) is 24.0. The van der Waals surface area contributed by atoms with Gasteiger partial charge in [0.05, 0.1) is 0 Å². The number of esters is 2. The second-order valence-corrected chi connectivity index (χ2v) is 9.13. The van der Waals surface area contributed by atoms with E-state index in [9.17, 15) is 9.59 Å². The maximum absolute atomic E-state index is 12.3. The number of methoxy groups -OCH3 is 2. The minimum absolute atomic E-state index is 0.297. The summed E-state index contributed by atoms with van der Waals surface area (Å²) in [5.41, 5.74) is -1.75. The Morgan fingerprint density at radius 1 is 0.870 bits per heavy atom. The summed E-state index contributed by atoms with van der Waals surface area (Å²) in [7, 11) is 0.307. The molecule has 1 fully saturated rings. The van der Waals surface area contributed by atoms with E-state index in [2.05, 4.69) is 4.74 Å². The van der Waals surface area contributed by atoms with Crippen LogP contribution >= 0.6 is 7.51 Å². The van der Waals surface area contributed by atoms with E-state index in [0.29, 0.717) is 0 Å². The minimum atomic E-state index is -4.61. The van der Waals surface area contributed by atoms with E-state index in [1.807, 2.05) is 0 Å². The average Bonchev–Trinajstić information content (AvgIpc) is 2.67. The van der Waals surface area contributed by atoms with Crippen molar-refractivity contribution in [2.24, 2.45) is 0 Å². The van der Waals surface area contributed by atoms with E-state index < -0.39 is 30.7 Å². The summed E-state index contributed by atoms with van der Waals surface area (Å²) in [5.74, 6) is -1.66. The molecule has 0 aromatic rings. The van der Waals surface area contributed by atoms with Crippen LogP contribution < -0.4 is 0 Å². The van der Waals surface area contributed by atoms with Gasteiger partial charge in [0.2, 0.25) is 0 Å². The van der Waals surface area contributed by atoms with Gasteiger partial charge < -0.3 is 0 Å². The molecule has 0 bridgehead atoms. The van der Waals surface area contributed by atoms with E-state index in [0.717, 1.165) is 6.08 Å². The monoisotopic (exact) mass is 352 g/mol. The van der Waals surface area contributed by atoms with Gasteiger partial charge in [-0.15, -0.1) is 0 Å². The Hall–Kier alpha value is -1.05. The topological polar surface area (TPSA) is 89.5 Å². The van der Waals surface area contributed by atoms with Crippen molar-refractivity contribution in [3.05, 3.63) is 11.4 Å². The first-order valence-corrected chi connectivity index (χ1v) is 8.80. The molecule has 0 unspecified atom stereocenters. The molecular weight excluding hydrogens is 327 g/mol. The van der Waals surface area contributed by atoms with Crippen LogP contribution in [-0.2, 0) is 37.2 Å². The molecular formula is C14H25O8P. The Balaban J connectivity index is 3.69. The van der Waals surface area contributed by atoms with Crippen LogP contribution in [0.15, 0.2) is 11.4 Å². The van der Waals surface area contributed by atoms with Crippen LogP contribution in [-0.4, -0.2) is 51.6 Å². The molecule has 23 heavy (non-hydrogen) atoms. The third-order valence-electron chi connectivity index (χ3n) is 4.09. The molecule has 1 aliphatic heterocycles. The number of hydrogen-bond donors (Lipinski definition) is 0.